The second-order valence-corrected chi connectivity index (χ2v) is 6.54. The molecule has 1 aromatic heterocycles. The normalized spacial score (nSPS) is 31.3. The molecule has 0 radical (unpaired) electrons. The van der Waals surface area contributed by atoms with Crippen LogP contribution >= 0.6 is 22.6 Å². The molecule has 0 saturated carbocycles. The molecule has 8 heteroatoms. The van der Waals surface area contributed by atoms with E-state index in [2.05, 4.69) is 4.98 Å². The van der Waals surface area contributed by atoms with E-state index in [1.54, 1.807) is 25.1 Å². The van der Waals surface area contributed by atoms with E-state index in [0.29, 0.717) is 14.5 Å². The average Bonchev–Trinajstić information content (AvgIpc) is 2.53. The van der Waals surface area contributed by atoms with Gasteiger partial charge in [0.25, 0.3) is 0 Å². The molecule has 3 N–H and O–H groups in total. The molecule has 1 fully saturated rings. The molecule has 2 aromatic rings. The summed E-state index contributed by atoms with van der Waals surface area (Å²) in [5.74, 6) is -0.402. The SMILES string of the molecule is C[C@H]1OC(Oc2c(I)ccc3ccc(F)nc23)[C@H](O)[C@@H](O)[C@@H]1O. The van der Waals surface area contributed by atoms with E-state index in [9.17, 15) is 19.7 Å². The molecule has 1 aliphatic heterocycles. The molecular formula is C15H15FINO5. The number of aliphatic hydroxyl groups excluding tert-OH is 3. The number of aliphatic hydroxyl groups is 3. The molecule has 1 aliphatic rings. The van der Waals surface area contributed by atoms with Crippen LogP contribution in [0.25, 0.3) is 10.9 Å². The number of fused-ring (bicyclic) bond motifs is 1. The Morgan fingerprint density at radius 1 is 1.13 bits per heavy atom. The number of halogens is 2. The van der Waals surface area contributed by atoms with Crippen molar-refractivity contribution < 1.29 is 29.2 Å². The molecule has 1 unspecified atom stereocenters. The summed E-state index contributed by atoms with van der Waals surface area (Å²) in [4.78, 5) is 3.83. The Balaban J connectivity index is 1.98. The standard InChI is InChI=1S/C15H15FINO5/c1-6-11(19)12(20)13(21)15(22-6)23-14-8(17)4-2-7-3-5-9(16)18-10(7)14/h2-6,11-13,15,19-21H,1H3/t6-,11-,12+,13-,15?/m1/s1. The van der Waals surface area contributed by atoms with Crippen molar-refractivity contribution in [3.8, 4) is 5.75 Å². The topological polar surface area (TPSA) is 92.0 Å². The fourth-order valence-corrected chi connectivity index (χ4v) is 3.02. The Hall–Kier alpha value is -1.07. The van der Waals surface area contributed by atoms with Gasteiger partial charge < -0.3 is 24.8 Å². The Bertz CT molecular complexity index is 725. The van der Waals surface area contributed by atoms with Crippen molar-refractivity contribution in [2.24, 2.45) is 0 Å². The van der Waals surface area contributed by atoms with Crippen LogP contribution in [-0.4, -0.2) is 51.0 Å². The molecule has 0 aliphatic carbocycles. The molecule has 3 rings (SSSR count). The molecule has 6 nitrogen and oxygen atoms in total. The van der Waals surface area contributed by atoms with Crippen LogP contribution in [0.4, 0.5) is 4.39 Å². The Labute approximate surface area is 145 Å². The monoisotopic (exact) mass is 435 g/mol. The summed E-state index contributed by atoms with van der Waals surface area (Å²) < 4.78 is 25.2. The van der Waals surface area contributed by atoms with Gasteiger partial charge in [-0.2, -0.15) is 4.39 Å². The van der Waals surface area contributed by atoms with Crippen LogP contribution in [-0.2, 0) is 4.74 Å². The quantitative estimate of drug-likeness (QED) is 0.485. The fourth-order valence-electron chi connectivity index (χ4n) is 2.45. The van der Waals surface area contributed by atoms with Crippen LogP contribution in [0, 0.1) is 9.52 Å². The van der Waals surface area contributed by atoms with Crippen LogP contribution in [0.3, 0.4) is 0 Å². The van der Waals surface area contributed by atoms with Crippen LogP contribution in [0.2, 0.25) is 0 Å². The molecule has 5 atom stereocenters. The van der Waals surface area contributed by atoms with Gasteiger partial charge in [-0.05, 0) is 47.7 Å². The summed E-state index contributed by atoms with van der Waals surface area (Å²) in [5, 5.41) is 30.3. The third kappa shape index (κ3) is 3.13. The van der Waals surface area contributed by atoms with E-state index < -0.39 is 36.7 Å². The van der Waals surface area contributed by atoms with Crippen molar-refractivity contribution in [3.05, 3.63) is 33.8 Å². The number of ether oxygens (including phenoxy) is 2. The zero-order valence-electron chi connectivity index (χ0n) is 12.1. The van der Waals surface area contributed by atoms with Gasteiger partial charge in [-0.3, -0.25) is 0 Å². The zero-order valence-corrected chi connectivity index (χ0v) is 14.2. The zero-order chi connectivity index (χ0) is 16.7. The van der Waals surface area contributed by atoms with Crippen molar-refractivity contribution in [3.63, 3.8) is 0 Å². The van der Waals surface area contributed by atoms with Gasteiger partial charge in [0, 0.05) is 5.39 Å². The molecule has 0 amide bonds. The number of pyridine rings is 1. The van der Waals surface area contributed by atoms with E-state index in [1.807, 2.05) is 22.6 Å². The highest BCUT2D eigenvalue weighted by molar-refractivity contribution is 14.1. The van der Waals surface area contributed by atoms with Crippen LogP contribution in [0.5, 0.6) is 5.75 Å². The van der Waals surface area contributed by atoms with Crippen molar-refractivity contribution >= 4 is 33.5 Å². The minimum atomic E-state index is -1.44. The number of aromatic nitrogens is 1. The number of hydrogen-bond acceptors (Lipinski definition) is 6. The van der Waals surface area contributed by atoms with Crippen molar-refractivity contribution in [1.82, 2.24) is 4.98 Å². The molecule has 23 heavy (non-hydrogen) atoms. The summed E-state index contributed by atoms with van der Waals surface area (Å²) in [5.41, 5.74) is 0.293. The maximum atomic E-state index is 13.5. The summed E-state index contributed by atoms with van der Waals surface area (Å²) >= 11 is 2.00. The summed E-state index contributed by atoms with van der Waals surface area (Å²) in [7, 11) is 0. The van der Waals surface area contributed by atoms with Gasteiger partial charge in [0.05, 0.1) is 9.67 Å². The van der Waals surface area contributed by atoms with Gasteiger partial charge >= 0.3 is 0 Å². The second-order valence-electron chi connectivity index (χ2n) is 5.38. The van der Waals surface area contributed by atoms with Crippen molar-refractivity contribution in [2.45, 2.75) is 37.6 Å². The Morgan fingerprint density at radius 2 is 1.83 bits per heavy atom. The molecule has 2 heterocycles. The molecule has 0 bridgehead atoms. The number of nitrogens with zero attached hydrogens (tertiary/aromatic N) is 1. The van der Waals surface area contributed by atoms with Gasteiger partial charge in [-0.25, -0.2) is 4.98 Å². The first-order valence-corrected chi connectivity index (χ1v) is 8.07. The van der Waals surface area contributed by atoms with Crippen LogP contribution in [0.1, 0.15) is 6.92 Å². The number of rotatable bonds is 2. The lowest BCUT2D eigenvalue weighted by Gasteiger charge is -2.39. The van der Waals surface area contributed by atoms with Gasteiger partial charge in [0.15, 0.2) is 5.75 Å². The van der Waals surface area contributed by atoms with E-state index >= 15 is 0 Å². The Kier molecular flexibility index (Phi) is 4.70. The van der Waals surface area contributed by atoms with E-state index in [0.717, 1.165) is 0 Å². The average molecular weight is 435 g/mol. The third-order valence-corrected chi connectivity index (χ3v) is 4.63. The third-order valence-electron chi connectivity index (χ3n) is 3.78. The summed E-state index contributed by atoms with van der Waals surface area (Å²) in [6.07, 6.45) is -5.99. The minimum Gasteiger partial charge on any atom is -0.459 e. The maximum absolute atomic E-state index is 13.5. The van der Waals surface area contributed by atoms with Gasteiger partial charge in [-0.1, -0.05) is 6.07 Å². The first-order chi connectivity index (χ1) is 10.9. The van der Waals surface area contributed by atoms with Crippen molar-refractivity contribution in [1.29, 1.82) is 0 Å². The van der Waals surface area contributed by atoms with Crippen molar-refractivity contribution in [2.75, 3.05) is 0 Å². The molecule has 1 saturated heterocycles. The molecular weight excluding hydrogens is 420 g/mol. The lowest BCUT2D eigenvalue weighted by Crippen LogP contribution is -2.58. The fraction of sp³-hybridized carbons (Fsp3) is 0.400. The molecule has 0 spiro atoms. The molecule has 124 valence electrons. The number of benzene rings is 1. The smallest absolute Gasteiger partial charge is 0.229 e. The minimum absolute atomic E-state index is 0.252. The predicted molar refractivity (Wildman–Crippen MR) is 87.4 cm³/mol. The predicted octanol–water partition coefficient (Wildman–Crippen LogP) is 1.18. The van der Waals surface area contributed by atoms with Gasteiger partial charge in [0.2, 0.25) is 12.2 Å². The van der Waals surface area contributed by atoms with Gasteiger partial charge in [-0.15, -0.1) is 0 Å². The van der Waals surface area contributed by atoms with E-state index in [4.69, 9.17) is 9.47 Å². The lowest BCUT2D eigenvalue weighted by atomic mass is 10.00. The maximum Gasteiger partial charge on any atom is 0.229 e. The van der Waals surface area contributed by atoms with Gasteiger partial charge in [0.1, 0.15) is 23.8 Å². The van der Waals surface area contributed by atoms with Crippen LogP contribution in [0.15, 0.2) is 24.3 Å². The molecule has 1 aromatic carbocycles. The summed E-state index contributed by atoms with van der Waals surface area (Å²) in [6, 6.07) is 6.35. The lowest BCUT2D eigenvalue weighted by molar-refractivity contribution is -0.268. The number of hydrogen-bond donors (Lipinski definition) is 3. The first-order valence-electron chi connectivity index (χ1n) is 6.99. The largest absolute Gasteiger partial charge is 0.459 e. The highest BCUT2D eigenvalue weighted by atomic mass is 127. The highest BCUT2D eigenvalue weighted by Gasteiger charge is 2.43. The highest BCUT2D eigenvalue weighted by Crippen LogP contribution is 2.33. The Morgan fingerprint density at radius 3 is 2.57 bits per heavy atom. The first kappa shape index (κ1) is 16.8. The van der Waals surface area contributed by atoms with Crippen LogP contribution < -0.4 is 4.74 Å². The second kappa shape index (κ2) is 6.44. The summed E-state index contributed by atoms with van der Waals surface area (Å²) in [6.45, 7) is 1.56. The van der Waals surface area contributed by atoms with E-state index in [-0.39, 0.29) is 5.75 Å². The van der Waals surface area contributed by atoms with E-state index in [1.165, 1.54) is 6.07 Å².